The number of ketones is 2. The first-order valence-corrected chi connectivity index (χ1v) is 13.5. The number of hydrogen-bond donors (Lipinski definition) is 5. The molecule has 0 radical (unpaired) electrons. The van der Waals surface area contributed by atoms with Crippen molar-refractivity contribution in [3.05, 3.63) is 28.3 Å². The molecule has 6 N–H and O–H groups in total. The zero-order valence-electron chi connectivity index (χ0n) is 23.3. The fourth-order valence-corrected chi connectivity index (χ4v) is 7.23. The summed E-state index contributed by atoms with van der Waals surface area (Å²) in [4.78, 5) is 45.4. The number of fused-ring (bicyclic) bond motifs is 3. The van der Waals surface area contributed by atoms with Crippen molar-refractivity contribution in [2.75, 3.05) is 59.4 Å². The molecule has 0 bridgehead atoms. The molecule has 1 saturated heterocycles. The SMILES string of the molecule is CN(C)c1cc(CN2CCOCC2)c(O)c2c1C[C@H]1C[C@H]3[C@H](N(C)C)C(O)C(C(N)=O)C(=O)[C@@]3(O)C(=O)C1=C2O. The standard InChI is InChI=1S/C28H38N4O8/c1-30(2)17-11-14(12-32-5-7-40-8-6-32)22(33)19-15(17)9-13-10-16-21(31(3)4)24(35)20(27(29)38)26(37)28(16,39)25(36)18(13)23(19)34/h11,13,16,20-21,24,33-35,39H,5-10,12H2,1-4H3,(H2,29,38)/t13-,16-,20?,21-,24?,28-/m0/s1. The van der Waals surface area contributed by atoms with E-state index in [9.17, 15) is 34.8 Å². The van der Waals surface area contributed by atoms with Crippen molar-refractivity contribution >= 4 is 28.9 Å². The molecule has 0 aromatic heterocycles. The van der Waals surface area contributed by atoms with Gasteiger partial charge in [0.15, 0.2) is 11.4 Å². The summed E-state index contributed by atoms with van der Waals surface area (Å²) >= 11 is 0. The van der Waals surface area contributed by atoms with Gasteiger partial charge in [0.2, 0.25) is 11.7 Å². The Morgan fingerprint density at radius 2 is 1.82 bits per heavy atom. The number of aliphatic hydroxyl groups excluding tert-OH is 2. The number of nitrogens with two attached hydrogens (primary N) is 1. The Hall–Kier alpha value is -3.03. The number of aromatic hydroxyl groups is 1. The highest BCUT2D eigenvalue weighted by atomic mass is 16.5. The molecule has 12 heteroatoms. The van der Waals surface area contributed by atoms with Crippen molar-refractivity contribution in [1.82, 2.24) is 9.80 Å². The lowest BCUT2D eigenvalue weighted by Gasteiger charge is -2.53. The number of carbonyl (C=O) groups is 3. The summed E-state index contributed by atoms with van der Waals surface area (Å²) in [7, 11) is 6.97. The number of rotatable bonds is 5. The minimum absolute atomic E-state index is 0.0847. The molecule has 1 aromatic rings. The van der Waals surface area contributed by atoms with Gasteiger partial charge in [-0.2, -0.15) is 0 Å². The van der Waals surface area contributed by atoms with Crippen LogP contribution in [0.1, 0.15) is 23.1 Å². The van der Waals surface area contributed by atoms with E-state index in [1.54, 1.807) is 19.0 Å². The van der Waals surface area contributed by atoms with Crippen LogP contribution in [0.2, 0.25) is 0 Å². The smallest absolute Gasteiger partial charge is 0.230 e. The lowest BCUT2D eigenvalue weighted by molar-refractivity contribution is -0.184. The van der Waals surface area contributed by atoms with Crippen LogP contribution in [0.25, 0.3) is 5.76 Å². The second-order valence-electron chi connectivity index (χ2n) is 11.8. The zero-order valence-corrected chi connectivity index (χ0v) is 23.3. The summed E-state index contributed by atoms with van der Waals surface area (Å²) in [6, 6.07) is 0.962. The Bertz CT molecular complexity index is 1290. The number of aliphatic hydroxyl groups is 3. The number of amides is 1. The van der Waals surface area contributed by atoms with E-state index < -0.39 is 58.7 Å². The number of morpholine rings is 1. The summed E-state index contributed by atoms with van der Waals surface area (Å²) in [5.41, 5.74) is 4.71. The molecule has 1 amide bonds. The van der Waals surface area contributed by atoms with Crippen molar-refractivity contribution in [3.8, 4) is 5.75 Å². The lowest BCUT2D eigenvalue weighted by Crippen LogP contribution is -2.73. The molecule has 4 aliphatic rings. The molecule has 5 rings (SSSR count). The van der Waals surface area contributed by atoms with E-state index in [2.05, 4.69) is 4.90 Å². The van der Waals surface area contributed by atoms with Crippen LogP contribution in [0.3, 0.4) is 0 Å². The summed E-state index contributed by atoms with van der Waals surface area (Å²) in [5, 5.41) is 45.8. The highest BCUT2D eigenvalue weighted by molar-refractivity contribution is 6.25. The number of primary amides is 1. The Morgan fingerprint density at radius 1 is 1.18 bits per heavy atom. The van der Waals surface area contributed by atoms with Crippen LogP contribution >= 0.6 is 0 Å². The monoisotopic (exact) mass is 558 g/mol. The second-order valence-corrected chi connectivity index (χ2v) is 11.8. The van der Waals surface area contributed by atoms with E-state index in [4.69, 9.17) is 10.5 Å². The Labute approximate surface area is 232 Å². The number of phenolic OH excluding ortho intramolecular Hbond substituents is 1. The van der Waals surface area contributed by atoms with Crippen LogP contribution in [-0.2, 0) is 32.1 Å². The Balaban J connectivity index is 1.66. The maximum Gasteiger partial charge on any atom is 0.230 e. The topological polar surface area (TPSA) is 177 Å². The largest absolute Gasteiger partial charge is 0.507 e. The van der Waals surface area contributed by atoms with E-state index >= 15 is 0 Å². The fraction of sp³-hybridized carbons (Fsp3) is 0.607. The van der Waals surface area contributed by atoms with Crippen LogP contribution in [-0.4, -0.2) is 120 Å². The van der Waals surface area contributed by atoms with Crippen LogP contribution in [0.4, 0.5) is 5.69 Å². The van der Waals surface area contributed by atoms with Gasteiger partial charge in [0.1, 0.15) is 17.4 Å². The van der Waals surface area contributed by atoms with Gasteiger partial charge in [-0.25, -0.2) is 0 Å². The van der Waals surface area contributed by atoms with E-state index in [0.717, 1.165) is 5.69 Å². The Kier molecular flexibility index (Phi) is 7.20. The number of ether oxygens (including phenoxy) is 1. The maximum absolute atomic E-state index is 14.1. The average Bonchev–Trinajstić information content (AvgIpc) is 2.87. The molecular formula is C28H38N4O8. The molecule has 0 spiro atoms. The highest BCUT2D eigenvalue weighted by Crippen LogP contribution is 2.53. The van der Waals surface area contributed by atoms with E-state index in [1.165, 1.54) is 0 Å². The number of benzene rings is 1. The van der Waals surface area contributed by atoms with E-state index in [-0.39, 0.29) is 29.7 Å². The van der Waals surface area contributed by atoms with Gasteiger partial charge in [-0.3, -0.25) is 19.3 Å². The van der Waals surface area contributed by atoms with Gasteiger partial charge in [0, 0.05) is 62.5 Å². The van der Waals surface area contributed by atoms with Crippen molar-refractivity contribution in [1.29, 1.82) is 0 Å². The Morgan fingerprint density at radius 3 is 2.40 bits per heavy atom. The third-order valence-electron chi connectivity index (χ3n) is 9.12. The number of likely N-dealkylation sites (N-methyl/N-ethyl adjacent to an activating group) is 1. The summed E-state index contributed by atoms with van der Waals surface area (Å²) in [6.45, 7) is 2.90. The number of Topliss-reactive ketones (excluding diaryl/α,β-unsaturated/α-hetero) is 2. The molecule has 218 valence electrons. The molecule has 2 saturated carbocycles. The first-order valence-electron chi connectivity index (χ1n) is 13.5. The summed E-state index contributed by atoms with van der Waals surface area (Å²) in [6.07, 6.45) is -1.17. The highest BCUT2D eigenvalue weighted by Gasteiger charge is 2.67. The average molecular weight is 559 g/mol. The number of anilines is 1. The predicted octanol–water partition coefficient (Wildman–Crippen LogP) is -0.973. The number of nitrogens with zero attached hydrogens (tertiary/aromatic N) is 3. The molecule has 1 heterocycles. The van der Waals surface area contributed by atoms with Gasteiger partial charge in [0.25, 0.3) is 0 Å². The first kappa shape index (κ1) is 28.5. The number of phenols is 1. The van der Waals surface area contributed by atoms with Crippen LogP contribution in [0, 0.1) is 17.8 Å². The van der Waals surface area contributed by atoms with Crippen molar-refractivity contribution < 1.29 is 39.5 Å². The van der Waals surface area contributed by atoms with Crippen LogP contribution < -0.4 is 10.6 Å². The van der Waals surface area contributed by atoms with Gasteiger partial charge in [-0.05, 0) is 44.5 Å². The van der Waals surface area contributed by atoms with Crippen LogP contribution in [0.15, 0.2) is 11.6 Å². The molecule has 12 nitrogen and oxygen atoms in total. The van der Waals surface area contributed by atoms with Crippen molar-refractivity contribution in [2.24, 2.45) is 23.5 Å². The molecule has 3 fully saturated rings. The van der Waals surface area contributed by atoms with Gasteiger partial charge in [-0.1, -0.05) is 0 Å². The quantitative estimate of drug-likeness (QED) is 0.281. The minimum Gasteiger partial charge on any atom is -0.507 e. The third kappa shape index (κ3) is 4.12. The van der Waals surface area contributed by atoms with Crippen LogP contribution in [0.5, 0.6) is 5.75 Å². The van der Waals surface area contributed by atoms with Gasteiger partial charge >= 0.3 is 0 Å². The van der Waals surface area contributed by atoms with Gasteiger partial charge in [-0.15, -0.1) is 0 Å². The fourth-order valence-electron chi connectivity index (χ4n) is 7.23. The normalized spacial score (nSPS) is 32.5. The molecule has 2 unspecified atom stereocenters. The predicted molar refractivity (Wildman–Crippen MR) is 145 cm³/mol. The molecule has 40 heavy (non-hydrogen) atoms. The molecule has 3 aliphatic carbocycles. The lowest BCUT2D eigenvalue weighted by atomic mass is 9.54. The van der Waals surface area contributed by atoms with Crippen molar-refractivity contribution in [2.45, 2.75) is 37.1 Å². The molecular weight excluding hydrogens is 520 g/mol. The summed E-state index contributed by atoms with van der Waals surface area (Å²) in [5.74, 6) is -7.40. The maximum atomic E-state index is 14.1. The van der Waals surface area contributed by atoms with E-state index in [0.29, 0.717) is 44.0 Å². The third-order valence-corrected chi connectivity index (χ3v) is 9.12. The first-order chi connectivity index (χ1) is 18.8. The minimum atomic E-state index is -2.67. The second kappa shape index (κ2) is 10.1. The molecule has 1 aliphatic heterocycles. The molecule has 1 aromatic carbocycles. The number of hydrogen-bond acceptors (Lipinski definition) is 11. The summed E-state index contributed by atoms with van der Waals surface area (Å²) < 4.78 is 5.42. The van der Waals surface area contributed by atoms with E-state index in [1.807, 2.05) is 25.1 Å². The number of carbonyl (C=O) groups excluding carboxylic acids is 3. The zero-order chi connectivity index (χ0) is 29.3. The van der Waals surface area contributed by atoms with Crippen molar-refractivity contribution in [3.63, 3.8) is 0 Å². The van der Waals surface area contributed by atoms with Gasteiger partial charge in [0.05, 0.1) is 24.9 Å². The molecule has 6 atom stereocenters. The van der Waals surface area contributed by atoms with Gasteiger partial charge < -0.3 is 40.7 Å².